The van der Waals surface area contributed by atoms with Gasteiger partial charge in [-0.3, -0.25) is 0 Å². The lowest BCUT2D eigenvalue weighted by Crippen LogP contribution is -1.56. The molecule has 0 unspecified atom stereocenters. The van der Waals surface area contributed by atoms with Gasteiger partial charge in [0.25, 0.3) is 0 Å². The number of rotatable bonds is 0. The molecule has 33 valence electrons. The van der Waals surface area contributed by atoms with Crippen LogP contribution in [-0.2, 0) is 0 Å². The fourth-order valence-electron chi connectivity index (χ4n) is 0.402. The summed E-state index contributed by atoms with van der Waals surface area (Å²) in [4.78, 5) is 2.80. The zero-order valence-electron chi connectivity index (χ0n) is 3.73. The number of hydrogen-bond acceptors (Lipinski definition) is 0. The number of H-pyrrole nitrogens is 1. The van der Waals surface area contributed by atoms with E-state index in [0.717, 1.165) is 5.56 Å². The predicted molar refractivity (Wildman–Crippen MR) is 27.0 cm³/mol. The van der Waals surface area contributed by atoms with Crippen molar-refractivity contribution in [3.05, 3.63) is 30.4 Å². The van der Waals surface area contributed by atoms with E-state index in [9.17, 15) is 0 Å². The molecule has 0 aromatic carbocycles. The molecule has 1 nitrogen and oxygen atoms in total. The van der Waals surface area contributed by atoms with Crippen molar-refractivity contribution < 1.29 is 0 Å². The normalized spacial score (nSPS) is 7.86. The Hall–Kier alpha value is -1.16. The summed E-state index contributed by atoms with van der Waals surface area (Å²) in [5.74, 6) is 2.23. The molecule has 1 aromatic rings. The summed E-state index contributed by atoms with van der Waals surface area (Å²) in [6.45, 7) is 0. The average molecular weight is 90.1 g/mol. The lowest BCUT2D eigenvalue weighted by Gasteiger charge is -1.66. The summed E-state index contributed by atoms with van der Waals surface area (Å²) in [5, 5.41) is 0. The van der Waals surface area contributed by atoms with E-state index < -0.39 is 0 Å². The predicted octanol–water partition coefficient (Wildman–Crippen LogP) is 0.953. The summed E-state index contributed by atoms with van der Waals surface area (Å²) < 4.78 is 0. The second-order valence-corrected chi connectivity index (χ2v) is 1.22. The largest absolute Gasteiger partial charge is 0.367 e. The van der Waals surface area contributed by atoms with Crippen LogP contribution in [0.5, 0.6) is 0 Å². The van der Waals surface area contributed by atoms with Crippen molar-refractivity contribution in [2.24, 2.45) is 0 Å². The molecule has 1 rings (SSSR count). The fraction of sp³-hybridized carbons (Fsp3) is 0. The van der Waals surface area contributed by atoms with E-state index in [1.807, 2.05) is 0 Å². The first-order valence-electron chi connectivity index (χ1n) is 1.99. The Balaban J connectivity index is 3.04. The van der Waals surface area contributed by atoms with Crippen molar-refractivity contribution in [2.45, 2.75) is 0 Å². The summed E-state index contributed by atoms with van der Waals surface area (Å²) >= 11 is 0. The maximum atomic E-state index is 6.59. The first kappa shape index (κ1) is 4.01. The summed E-state index contributed by atoms with van der Waals surface area (Å²) in [6, 6.07) is 1.78. The van der Waals surface area contributed by atoms with Crippen molar-refractivity contribution in [3.8, 4) is 5.92 Å². The van der Waals surface area contributed by atoms with Gasteiger partial charge in [-0.1, -0.05) is 5.92 Å². The van der Waals surface area contributed by atoms with Crippen molar-refractivity contribution in [1.29, 1.82) is 0 Å². The molecule has 7 heavy (non-hydrogen) atoms. The molecule has 0 spiro atoms. The minimum Gasteiger partial charge on any atom is -0.367 e. The Bertz CT molecular complexity index is 167. The monoisotopic (exact) mass is 90.0 g/mol. The van der Waals surface area contributed by atoms with Gasteiger partial charge in [-0.15, -0.1) is 0 Å². The molecule has 0 fully saturated rings. The average Bonchev–Trinajstić information content (AvgIpc) is 2.14. The molecular weight excluding hydrogens is 86.1 g/mol. The Morgan fingerprint density at radius 1 is 1.71 bits per heavy atom. The lowest BCUT2D eigenvalue weighted by molar-refractivity contribution is 1.41. The third kappa shape index (κ3) is 0.635. The standard InChI is InChI=1S/C6H4N/c1-2-6-3-4-7-5-6/h3-5,7H. The highest BCUT2D eigenvalue weighted by molar-refractivity contribution is 5.25. The fourth-order valence-corrected chi connectivity index (χ4v) is 0.402. The van der Waals surface area contributed by atoms with Gasteiger partial charge in [-0.25, -0.2) is 0 Å². The molecule has 1 N–H and O–H groups in total. The number of aromatic nitrogens is 1. The van der Waals surface area contributed by atoms with Gasteiger partial charge >= 0.3 is 0 Å². The van der Waals surface area contributed by atoms with Crippen molar-refractivity contribution in [2.75, 3.05) is 0 Å². The second-order valence-electron chi connectivity index (χ2n) is 1.22. The number of hydrogen-bond donors (Lipinski definition) is 1. The van der Waals surface area contributed by atoms with E-state index in [2.05, 4.69) is 10.9 Å². The van der Waals surface area contributed by atoms with Crippen LogP contribution in [0.2, 0.25) is 0 Å². The Morgan fingerprint density at radius 2 is 2.57 bits per heavy atom. The van der Waals surface area contributed by atoms with Crippen molar-refractivity contribution in [3.63, 3.8) is 0 Å². The van der Waals surface area contributed by atoms with E-state index in [4.69, 9.17) is 6.42 Å². The van der Waals surface area contributed by atoms with Crippen LogP contribution in [0.1, 0.15) is 5.56 Å². The van der Waals surface area contributed by atoms with Crippen LogP contribution < -0.4 is 0 Å². The van der Waals surface area contributed by atoms with Gasteiger partial charge in [0.1, 0.15) is 0 Å². The number of aromatic amines is 1. The first-order valence-corrected chi connectivity index (χ1v) is 1.99. The van der Waals surface area contributed by atoms with Crippen LogP contribution in [0.15, 0.2) is 18.5 Å². The smallest absolute Gasteiger partial charge is 0.0430 e. The molecule has 1 aromatic heterocycles. The van der Waals surface area contributed by atoms with E-state index in [1.165, 1.54) is 0 Å². The maximum absolute atomic E-state index is 6.59. The summed E-state index contributed by atoms with van der Waals surface area (Å²) in [5.41, 5.74) is 0.792. The third-order valence-electron chi connectivity index (χ3n) is 0.742. The van der Waals surface area contributed by atoms with Crippen LogP contribution in [0.25, 0.3) is 0 Å². The second kappa shape index (κ2) is 1.53. The van der Waals surface area contributed by atoms with Crippen LogP contribution >= 0.6 is 0 Å². The topological polar surface area (TPSA) is 15.8 Å². The summed E-state index contributed by atoms with van der Waals surface area (Å²) in [6.07, 6.45) is 10.1. The highest BCUT2D eigenvalue weighted by atomic mass is 14.6. The molecule has 0 atom stereocenters. The van der Waals surface area contributed by atoms with Gasteiger partial charge in [0.15, 0.2) is 0 Å². The van der Waals surface area contributed by atoms with Gasteiger partial charge < -0.3 is 4.98 Å². The van der Waals surface area contributed by atoms with Gasteiger partial charge in [0.2, 0.25) is 0 Å². The molecule has 0 aliphatic carbocycles. The SMILES string of the molecule is [C]#Cc1cc[nH]c1. The molecule has 0 saturated heterocycles. The molecule has 1 heteroatoms. The van der Waals surface area contributed by atoms with E-state index in [-0.39, 0.29) is 0 Å². The zero-order valence-corrected chi connectivity index (χ0v) is 3.73. The highest BCUT2D eigenvalue weighted by Crippen LogP contribution is 1.89. The number of nitrogens with one attached hydrogen (secondary N) is 1. The van der Waals surface area contributed by atoms with Crippen LogP contribution in [0.4, 0.5) is 0 Å². The zero-order chi connectivity index (χ0) is 5.11. The molecule has 0 amide bonds. The molecule has 0 saturated carbocycles. The first-order chi connectivity index (χ1) is 3.43. The Labute approximate surface area is 42.4 Å². The highest BCUT2D eigenvalue weighted by Gasteiger charge is 1.78. The molecule has 1 heterocycles. The molecular formula is C6H4N. The van der Waals surface area contributed by atoms with Crippen molar-refractivity contribution in [1.82, 2.24) is 4.98 Å². The van der Waals surface area contributed by atoms with Gasteiger partial charge in [-0.05, 0) is 12.5 Å². The Kier molecular flexibility index (Phi) is 0.874. The molecule has 0 aliphatic rings. The molecule has 1 radical (unpaired) electrons. The van der Waals surface area contributed by atoms with E-state index >= 15 is 0 Å². The van der Waals surface area contributed by atoms with E-state index in [0.29, 0.717) is 0 Å². The van der Waals surface area contributed by atoms with Crippen LogP contribution in [0, 0.1) is 12.3 Å². The van der Waals surface area contributed by atoms with Crippen LogP contribution in [0.3, 0.4) is 0 Å². The van der Waals surface area contributed by atoms with Gasteiger partial charge in [0, 0.05) is 18.0 Å². The van der Waals surface area contributed by atoms with Gasteiger partial charge in [0.05, 0.1) is 0 Å². The van der Waals surface area contributed by atoms with Crippen molar-refractivity contribution >= 4 is 0 Å². The molecule has 0 aliphatic heterocycles. The maximum Gasteiger partial charge on any atom is 0.0430 e. The third-order valence-corrected chi connectivity index (χ3v) is 0.742. The lowest BCUT2D eigenvalue weighted by atomic mass is 10.4. The summed E-state index contributed by atoms with van der Waals surface area (Å²) in [7, 11) is 0. The van der Waals surface area contributed by atoms with E-state index in [1.54, 1.807) is 18.5 Å². The van der Waals surface area contributed by atoms with Crippen LogP contribution in [-0.4, -0.2) is 4.98 Å². The minimum atomic E-state index is 0.792. The molecule has 0 bridgehead atoms. The minimum absolute atomic E-state index is 0.792. The Morgan fingerprint density at radius 3 is 2.86 bits per heavy atom. The quantitative estimate of drug-likeness (QED) is 0.456. The van der Waals surface area contributed by atoms with Gasteiger partial charge in [-0.2, -0.15) is 0 Å².